The minimum absolute atomic E-state index is 0.380. The third kappa shape index (κ3) is 3.86. The first-order chi connectivity index (χ1) is 11.9. The van der Waals surface area contributed by atoms with Crippen LogP contribution < -0.4 is 0 Å². The zero-order chi connectivity index (χ0) is 16.2. The van der Waals surface area contributed by atoms with Crippen molar-refractivity contribution in [2.75, 3.05) is 19.8 Å². The largest absolute Gasteiger partial charge is 0.376 e. The molecule has 2 aromatic heterocycles. The van der Waals surface area contributed by atoms with Crippen molar-refractivity contribution in [2.24, 2.45) is 5.92 Å². The molecule has 0 unspecified atom stereocenters. The Hall–Kier alpha value is -1.27. The van der Waals surface area contributed by atoms with E-state index in [0.717, 1.165) is 38.3 Å². The number of rotatable bonds is 6. The van der Waals surface area contributed by atoms with Crippen LogP contribution in [0.1, 0.15) is 23.3 Å². The van der Waals surface area contributed by atoms with Crippen LogP contribution in [0.3, 0.4) is 0 Å². The highest BCUT2D eigenvalue weighted by molar-refractivity contribution is 7.09. The van der Waals surface area contributed by atoms with Crippen LogP contribution in [0, 0.1) is 5.92 Å². The molecule has 0 N–H and O–H groups in total. The van der Waals surface area contributed by atoms with E-state index in [2.05, 4.69) is 33.5 Å². The quantitative estimate of drug-likeness (QED) is 0.805. The molecule has 4 rings (SSSR count). The summed E-state index contributed by atoms with van der Waals surface area (Å²) in [5.74, 6) is 0.598. The number of thiophene rings is 1. The van der Waals surface area contributed by atoms with Crippen molar-refractivity contribution < 1.29 is 9.47 Å². The molecule has 128 valence electrons. The molecule has 2 aliphatic rings. The molecule has 1 saturated carbocycles. The molecular formula is C19H24N2O2S. The molecular weight excluding hydrogens is 320 g/mol. The molecule has 1 aliphatic heterocycles. The van der Waals surface area contributed by atoms with Gasteiger partial charge in [-0.25, -0.2) is 0 Å². The molecule has 4 nitrogen and oxygen atoms in total. The normalized spacial score (nSPS) is 27.2. The molecule has 3 heterocycles. The lowest BCUT2D eigenvalue weighted by Crippen LogP contribution is -2.47. The maximum atomic E-state index is 6.04. The van der Waals surface area contributed by atoms with Crippen molar-refractivity contribution in [3.05, 3.63) is 52.5 Å². The molecule has 2 aromatic rings. The van der Waals surface area contributed by atoms with Gasteiger partial charge in [0.25, 0.3) is 0 Å². The van der Waals surface area contributed by atoms with E-state index >= 15 is 0 Å². The highest BCUT2D eigenvalue weighted by atomic mass is 32.1. The fraction of sp³-hybridized carbons (Fsp3) is 0.526. The molecule has 0 amide bonds. The van der Waals surface area contributed by atoms with Crippen LogP contribution >= 0.6 is 11.3 Å². The van der Waals surface area contributed by atoms with Gasteiger partial charge in [0.1, 0.15) is 0 Å². The fourth-order valence-electron chi connectivity index (χ4n) is 3.89. The smallest absolute Gasteiger partial charge is 0.0734 e. The predicted molar refractivity (Wildman–Crippen MR) is 94.9 cm³/mol. The average molecular weight is 344 g/mol. The molecule has 3 atom stereocenters. The van der Waals surface area contributed by atoms with Crippen molar-refractivity contribution in [1.82, 2.24) is 9.88 Å². The highest BCUT2D eigenvalue weighted by Crippen LogP contribution is 2.35. The van der Waals surface area contributed by atoms with E-state index in [-0.39, 0.29) is 0 Å². The van der Waals surface area contributed by atoms with Crippen molar-refractivity contribution in [1.29, 1.82) is 0 Å². The van der Waals surface area contributed by atoms with Gasteiger partial charge in [0.2, 0.25) is 0 Å². The molecule has 1 saturated heterocycles. The summed E-state index contributed by atoms with van der Waals surface area (Å²) in [5, 5.41) is 2.16. The molecule has 0 bridgehead atoms. The molecule has 5 heteroatoms. The molecule has 2 fully saturated rings. The third-order valence-electron chi connectivity index (χ3n) is 5.03. The number of pyridine rings is 1. The minimum Gasteiger partial charge on any atom is -0.376 e. The van der Waals surface area contributed by atoms with E-state index in [1.165, 1.54) is 11.3 Å². The Morgan fingerprint density at radius 2 is 2.29 bits per heavy atom. The van der Waals surface area contributed by atoms with Crippen molar-refractivity contribution in [3.8, 4) is 0 Å². The Balaban J connectivity index is 1.29. The second-order valence-electron chi connectivity index (χ2n) is 6.74. The van der Waals surface area contributed by atoms with Crippen molar-refractivity contribution in [2.45, 2.75) is 38.1 Å². The van der Waals surface area contributed by atoms with E-state index in [1.54, 1.807) is 6.20 Å². The topological polar surface area (TPSA) is 34.6 Å². The molecule has 0 aromatic carbocycles. The van der Waals surface area contributed by atoms with Gasteiger partial charge in [-0.3, -0.25) is 9.88 Å². The molecule has 0 spiro atoms. The van der Waals surface area contributed by atoms with Crippen LogP contribution in [0.15, 0.2) is 42.0 Å². The first kappa shape index (κ1) is 16.2. The summed E-state index contributed by atoms with van der Waals surface area (Å²) in [7, 11) is 0. The van der Waals surface area contributed by atoms with Gasteiger partial charge in [-0.2, -0.15) is 0 Å². The predicted octanol–water partition coefficient (Wildman–Crippen LogP) is 3.34. The van der Waals surface area contributed by atoms with Gasteiger partial charge in [0, 0.05) is 43.0 Å². The van der Waals surface area contributed by atoms with E-state index < -0.39 is 0 Å². The number of fused-ring (bicyclic) bond motifs is 1. The maximum absolute atomic E-state index is 6.04. The van der Waals surface area contributed by atoms with Crippen LogP contribution in [-0.2, 0) is 22.6 Å². The van der Waals surface area contributed by atoms with E-state index in [1.807, 2.05) is 23.6 Å². The second kappa shape index (κ2) is 7.74. The Morgan fingerprint density at radius 3 is 3.12 bits per heavy atom. The van der Waals surface area contributed by atoms with Gasteiger partial charge < -0.3 is 9.47 Å². The minimum atomic E-state index is 0.380. The SMILES string of the molecule is c1cncc(COC[C@@H]2C[C@@H]3OCCN(Cc4cccs4)[C@H]3C2)c1. The third-order valence-corrected chi connectivity index (χ3v) is 5.89. The Labute approximate surface area is 147 Å². The van der Waals surface area contributed by atoms with E-state index in [9.17, 15) is 0 Å². The van der Waals surface area contributed by atoms with Gasteiger partial charge in [-0.15, -0.1) is 11.3 Å². The summed E-state index contributed by atoms with van der Waals surface area (Å²) in [5.41, 5.74) is 1.14. The maximum Gasteiger partial charge on any atom is 0.0734 e. The summed E-state index contributed by atoms with van der Waals surface area (Å²) < 4.78 is 12.0. The molecule has 0 radical (unpaired) electrons. The van der Waals surface area contributed by atoms with Crippen LogP contribution in [0.5, 0.6) is 0 Å². The van der Waals surface area contributed by atoms with Gasteiger partial charge in [-0.05, 0) is 41.8 Å². The first-order valence-electron chi connectivity index (χ1n) is 8.73. The van der Waals surface area contributed by atoms with Crippen LogP contribution in [-0.4, -0.2) is 41.8 Å². The van der Waals surface area contributed by atoms with Crippen LogP contribution in [0.25, 0.3) is 0 Å². The lowest BCUT2D eigenvalue weighted by molar-refractivity contribution is -0.0588. The monoisotopic (exact) mass is 344 g/mol. The number of hydrogen-bond acceptors (Lipinski definition) is 5. The summed E-state index contributed by atoms with van der Waals surface area (Å²) in [4.78, 5) is 8.20. The van der Waals surface area contributed by atoms with Crippen LogP contribution in [0.4, 0.5) is 0 Å². The number of nitrogens with zero attached hydrogens (tertiary/aromatic N) is 2. The summed E-state index contributed by atoms with van der Waals surface area (Å²) in [6.07, 6.45) is 6.36. The average Bonchev–Trinajstić information content (AvgIpc) is 3.26. The fourth-order valence-corrected chi connectivity index (χ4v) is 4.62. The standard InChI is InChI=1S/C19H24N2O2S/c1-3-15(11-20-5-1)13-22-14-16-9-18-19(10-16)23-7-6-21(18)12-17-4-2-8-24-17/h1-5,8,11,16,18-19H,6-7,9-10,12-14H2/t16-,18-,19-/m0/s1. The van der Waals surface area contributed by atoms with Crippen LogP contribution in [0.2, 0.25) is 0 Å². The number of morpholine rings is 1. The van der Waals surface area contributed by atoms with Crippen molar-refractivity contribution in [3.63, 3.8) is 0 Å². The zero-order valence-corrected chi connectivity index (χ0v) is 14.7. The number of ether oxygens (including phenoxy) is 2. The lowest BCUT2D eigenvalue weighted by atomic mass is 10.1. The molecule has 1 aliphatic carbocycles. The van der Waals surface area contributed by atoms with Crippen molar-refractivity contribution >= 4 is 11.3 Å². The summed E-state index contributed by atoms with van der Waals surface area (Å²) in [6.45, 7) is 4.43. The van der Waals surface area contributed by atoms with Gasteiger partial charge in [0.05, 0.1) is 19.3 Å². The summed E-state index contributed by atoms with van der Waals surface area (Å²) in [6, 6.07) is 8.94. The lowest BCUT2D eigenvalue weighted by Gasteiger charge is -2.37. The van der Waals surface area contributed by atoms with Gasteiger partial charge in [-0.1, -0.05) is 12.1 Å². The first-order valence-corrected chi connectivity index (χ1v) is 9.61. The second-order valence-corrected chi connectivity index (χ2v) is 7.77. The Morgan fingerprint density at radius 1 is 1.29 bits per heavy atom. The Kier molecular flexibility index (Phi) is 5.23. The van der Waals surface area contributed by atoms with E-state index in [4.69, 9.17) is 9.47 Å². The van der Waals surface area contributed by atoms with Gasteiger partial charge >= 0.3 is 0 Å². The number of hydrogen-bond donors (Lipinski definition) is 0. The zero-order valence-electron chi connectivity index (χ0n) is 13.8. The highest BCUT2D eigenvalue weighted by Gasteiger charge is 2.40. The van der Waals surface area contributed by atoms with E-state index in [0.29, 0.717) is 24.7 Å². The summed E-state index contributed by atoms with van der Waals surface area (Å²) >= 11 is 1.85. The van der Waals surface area contributed by atoms with Gasteiger partial charge in [0.15, 0.2) is 0 Å². The molecule has 24 heavy (non-hydrogen) atoms. The number of aromatic nitrogens is 1. The Bertz CT molecular complexity index is 620.